The van der Waals surface area contributed by atoms with Gasteiger partial charge in [0.1, 0.15) is 5.82 Å². The number of fused-ring (bicyclic) bond motifs is 1. The van der Waals surface area contributed by atoms with Crippen LogP contribution < -0.4 is 5.32 Å². The molecule has 4 rings (SSSR count). The lowest BCUT2D eigenvalue weighted by Gasteiger charge is -2.09. The molecule has 0 spiro atoms. The zero-order valence-electron chi connectivity index (χ0n) is 14.9. The van der Waals surface area contributed by atoms with Crippen molar-refractivity contribution in [3.05, 3.63) is 84.4 Å². The minimum atomic E-state index is -0.584. The largest absolute Gasteiger partial charge is 0.452 e. The summed E-state index contributed by atoms with van der Waals surface area (Å²) in [6, 6.07) is 23.6. The van der Waals surface area contributed by atoms with E-state index in [4.69, 9.17) is 4.74 Å². The van der Waals surface area contributed by atoms with Crippen molar-refractivity contribution < 1.29 is 14.3 Å². The van der Waals surface area contributed by atoms with Gasteiger partial charge >= 0.3 is 5.97 Å². The number of aromatic nitrogens is 2. The molecule has 28 heavy (non-hydrogen) atoms. The van der Waals surface area contributed by atoms with Crippen molar-refractivity contribution in [1.82, 2.24) is 9.97 Å². The second-order valence-corrected chi connectivity index (χ2v) is 6.14. The predicted octanol–water partition coefficient (Wildman–Crippen LogP) is 4.03. The first-order valence-corrected chi connectivity index (χ1v) is 8.77. The summed E-state index contributed by atoms with van der Waals surface area (Å²) in [5.41, 5.74) is 3.29. The highest BCUT2D eigenvalue weighted by Crippen LogP contribution is 2.24. The number of aromatic amines is 1. The van der Waals surface area contributed by atoms with Crippen LogP contribution in [0.15, 0.2) is 78.9 Å². The Bertz CT molecular complexity index is 1100. The van der Waals surface area contributed by atoms with Crippen LogP contribution in [0, 0.1) is 0 Å². The number of benzene rings is 3. The van der Waals surface area contributed by atoms with Crippen molar-refractivity contribution in [3.8, 4) is 11.4 Å². The lowest BCUT2D eigenvalue weighted by molar-refractivity contribution is -0.119. The maximum atomic E-state index is 12.6. The van der Waals surface area contributed by atoms with Gasteiger partial charge in [-0.15, -0.1) is 0 Å². The second kappa shape index (κ2) is 7.75. The molecule has 1 aromatic heterocycles. The molecule has 0 bridgehead atoms. The number of esters is 1. The van der Waals surface area contributed by atoms with Gasteiger partial charge in [0.05, 0.1) is 16.6 Å². The molecule has 6 nitrogen and oxygen atoms in total. The number of para-hydroxylation sites is 3. The molecule has 0 aliphatic rings. The van der Waals surface area contributed by atoms with Crippen LogP contribution in [0.4, 0.5) is 5.69 Å². The normalized spacial score (nSPS) is 10.6. The van der Waals surface area contributed by atoms with Crippen LogP contribution in [0.3, 0.4) is 0 Å². The molecule has 2 N–H and O–H groups in total. The average molecular weight is 371 g/mol. The van der Waals surface area contributed by atoms with E-state index >= 15 is 0 Å². The number of imidazole rings is 1. The van der Waals surface area contributed by atoms with Crippen LogP contribution >= 0.6 is 0 Å². The van der Waals surface area contributed by atoms with Gasteiger partial charge in [-0.05, 0) is 30.3 Å². The number of H-pyrrole nitrogens is 1. The number of nitrogens with one attached hydrogen (secondary N) is 2. The minimum Gasteiger partial charge on any atom is -0.452 e. The van der Waals surface area contributed by atoms with E-state index in [9.17, 15) is 9.59 Å². The van der Waals surface area contributed by atoms with E-state index in [0.29, 0.717) is 22.6 Å². The molecule has 0 atom stereocenters. The number of rotatable bonds is 5. The number of amides is 1. The quantitative estimate of drug-likeness (QED) is 0.519. The molecule has 0 aliphatic carbocycles. The summed E-state index contributed by atoms with van der Waals surface area (Å²) in [4.78, 5) is 32.3. The third-order valence-electron chi connectivity index (χ3n) is 4.18. The molecule has 1 amide bonds. The summed E-state index contributed by atoms with van der Waals surface area (Å²) in [7, 11) is 0. The smallest absolute Gasteiger partial charge is 0.339 e. The molecule has 4 aromatic rings. The average Bonchev–Trinajstić information content (AvgIpc) is 3.17. The molecule has 6 heteroatoms. The molecule has 1 heterocycles. The summed E-state index contributed by atoms with van der Waals surface area (Å²) in [5, 5.41) is 2.68. The summed E-state index contributed by atoms with van der Waals surface area (Å²) in [6.45, 7) is -0.373. The number of hydrogen-bond donors (Lipinski definition) is 2. The number of ether oxygens (including phenoxy) is 1. The van der Waals surface area contributed by atoms with Gasteiger partial charge in [0.25, 0.3) is 5.91 Å². The maximum Gasteiger partial charge on any atom is 0.339 e. The van der Waals surface area contributed by atoms with E-state index in [0.717, 1.165) is 11.0 Å². The van der Waals surface area contributed by atoms with Gasteiger partial charge in [-0.25, -0.2) is 9.78 Å². The fourth-order valence-electron chi connectivity index (χ4n) is 2.88. The van der Waals surface area contributed by atoms with Crippen molar-refractivity contribution in [1.29, 1.82) is 0 Å². The Morgan fingerprint density at radius 3 is 2.43 bits per heavy atom. The van der Waals surface area contributed by atoms with Crippen molar-refractivity contribution in [2.24, 2.45) is 0 Å². The highest BCUT2D eigenvalue weighted by atomic mass is 16.5. The van der Waals surface area contributed by atoms with Gasteiger partial charge < -0.3 is 15.0 Å². The van der Waals surface area contributed by atoms with Crippen molar-refractivity contribution >= 4 is 28.6 Å². The van der Waals surface area contributed by atoms with Gasteiger partial charge in [-0.3, -0.25) is 4.79 Å². The summed E-state index contributed by atoms with van der Waals surface area (Å²) in [5.74, 6) is -0.414. The van der Waals surface area contributed by atoms with Crippen LogP contribution in [-0.4, -0.2) is 28.5 Å². The molecule has 0 fully saturated rings. The van der Waals surface area contributed by atoms with Crippen LogP contribution in [-0.2, 0) is 9.53 Å². The third-order valence-corrected chi connectivity index (χ3v) is 4.18. The first-order valence-electron chi connectivity index (χ1n) is 8.77. The lowest BCUT2D eigenvalue weighted by atomic mass is 10.1. The topological polar surface area (TPSA) is 84.1 Å². The summed E-state index contributed by atoms with van der Waals surface area (Å²) < 4.78 is 5.21. The first-order chi connectivity index (χ1) is 13.7. The molecule has 0 unspecified atom stereocenters. The van der Waals surface area contributed by atoms with E-state index in [1.807, 2.05) is 48.5 Å². The van der Waals surface area contributed by atoms with Crippen molar-refractivity contribution in [2.45, 2.75) is 0 Å². The Hall–Kier alpha value is -3.93. The molecule has 0 saturated heterocycles. The van der Waals surface area contributed by atoms with Crippen LogP contribution in [0.5, 0.6) is 0 Å². The van der Waals surface area contributed by atoms with E-state index in [2.05, 4.69) is 15.3 Å². The highest BCUT2D eigenvalue weighted by Gasteiger charge is 2.17. The van der Waals surface area contributed by atoms with Crippen LogP contribution in [0.25, 0.3) is 22.4 Å². The van der Waals surface area contributed by atoms with Crippen LogP contribution in [0.2, 0.25) is 0 Å². The Balaban J connectivity index is 1.50. The summed E-state index contributed by atoms with van der Waals surface area (Å²) in [6.07, 6.45) is 0. The highest BCUT2D eigenvalue weighted by molar-refractivity contribution is 5.99. The lowest BCUT2D eigenvalue weighted by Crippen LogP contribution is -2.21. The monoisotopic (exact) mass is 371 g/mol. The fourth-order valence-corrected chi connectivity index (χ4v) is 2.88. The van der Waals surface area contributed by atoms with Gasteiger partial charge in [0.15, 0.2) is 6.61 Å². The molecular formula is C22H17N3O3. The van der Waals surface area contributed by atoms with Gasteiger partial charge in [-0.2, -0.15) is 0 Å². The van der Waals surface area contributed by atoms with E-state index < -0.39 is 11.9 Å². The summed E-state index contributed by atoms with van der Waals surface area (Å²) >= 11 is 0. The van der Waals surface area contributed by atoms with Crippen molar-refractivity contribution in [2.75, 3.05) is 11.9 Å². The maximum absolute atomic E-state index is 12.6. The Morgan fingerprint density at radius 2 is 1.61 bits per heavy atom. The first kappa shape index (κ1) is 17.5. The molecule has 0 saturated carbocycles. The minimum absolute atomic E-state index is 0.342. The van der Waals surface area contributed by atoms with E-state index in [1.165, 1.54) is 0 Å². The number of carbonyl (C=O) groups is 2. The Morgan fingerprint density at radius 1 is 0.893 bits per heavy atom. The Kier molecular flexibility index (Phi) is 4.84. The van der Waals surface area contributed by atoms with Crippen LogP contribution in [0.1, 0.15) is 10.4 Å². The molecule has 138 valence electrons. The fraction of sp³-hybridized carbons (Fsp3) is 0.0455. The second-order valence-electron chi connectivity index (χ2n) is 6.14. The van der Waals surface area contributed by atoms with Crippen molar-refractivity contribution in [3.63, 3.8) is 0 Å². The SMILES string of the molecule is O=C(COC(=O)c1ccccc1-c1nc2ccccc2[nH]1)Nc1ccccc1. The molecular weight excluding hydrogens is 354 g/mol. The zero-order valence-corrected chi connectivity index (χ0v) is 14.9. The van der Waals surface area contributed by atoms with Gasteiger partial charge in [0.2, 0.25) is 0 Å². The molecule has 0 aliphatic heterocycles. The number of anilines is 1. The van der Waals surface area contributed by atoms with E-state index in [1.54, 1.807) is 30.3 Å². The van der Waals surface area contributed by atoms with Gasteiger partial charge in [-0.1, -0.05) is 48.5 Å². The molecule has 0 radical (unpaired) electrons. The number of nitrogens with zero attached hydrogens (tertiary/aromatic N) is 1. The van der Waals surface area contributed by atoms with Gasteiger partial charge in [0, 0.05) is 11.3 Å². The Labute approximate surface area is 161 Å². The standard InChI is InChI=1S/C22H17N3O3/c26-20(23-15-8-2-1-3-9-15)14-28-22(27)17-11-5-4-10-16(17)21-24-18-12-6-7-13-19(18)25-21/h1-13H,14H2,(H,23,26)(H,24,25). The zero-order chi connectivity index (χ0) is 19.3. The number of carbonyl (C=O) groups excluding carboxylic acids is 2. The van der Waals surface area contributed by atoms with E-state index in [-0.39, 0.29) is 6.61 Å². The predicted molar refractivity (Wildman–Crippen MR) is 107 cm³/mol. The molecule has 3 aromatic carbocycles. The third kappa shape index (κ3) is 3.76. The number of hydrogen-bond acceptors (Lipinski definition) is 4.